The summed E-state index contributed by atoms with van der Waals surface area (Å²) in [6, 6.07) is 39.9. The normalized spacial score (nSPS) is 10.5. The van der Waals surface area contributed by atoms with Gasteiger partial charge in [-0.2, -0.15) is 0 Å². The molecule has 0 spiro atoms. The summed E-state index contributed by atoms with van der Waals surface area (Å²) in [7, 11) is 0. The zero-order valence-electron chi connectivity index (χ0n) is 76.3. The number of aryl methyl sites for hydroxylation is 2. The fraction of sp³-hybridized carbons (Fsp3) is 0.319. The van der Waals surface area contributed by atoms with Crippen LogP contribution in [0.15, 0.2) is 196 Å². The number of hydrogen-bond donors (Lipinski definition) is 8. The number of hydrogen-bond acceptors (Lipinski definition) is 24. The summed E-state index contributed by atoms with van der Waals surface area (Å²) in [5, 5.41) is 103. The Hall–Kier alpha value is -11.7. The van der Waals surface area contributed by atoms with Crippen LogP contribution in [0, 0.1) is 21.0 Å². The van der Waals surface area contributed by atoms with E-state index in [9.17, 15) is 38.4 Å². The molecule has 8 N–H and O–H groups in total. The number of nitrogens with zero attached hydrogens (tertiary/aromatic N) is 8. The lowest BCUT2D eigenvalue weighted by atomic mass is 10.0. The molecule has 0 heterocycles. The zero-order chi connectivity index (χ0) is 99.9. The average Bonchev–Trinajstić information content (AvgIpc) is 0.895. The van der Waals surface area contributed by atoms with E-state index in [1.54, 1.807) is 131 Å². The first-order chi connectivity index (χ1) is 62.3. The molecule has 712 valence electrons. The van der Waals surface area contributed by atoms with Gasteiger partial charge in [0.15, 0.2) is 0 Å². The minimum atomic E-state index is -1.03. The van der Waals surface area contributed by atoms with Gasteiger partial charge < -0.3 is 79.6 Å². The number of benzene rings is 8. The summed E-state index contributed by atoms with van der Waals surface area (Å²) in [4.78, 5) is 129. The first-order valence-corrected chi connectivity index (χ1v) is 44.6. The maximum Gasteiger partial charge on any atom is 0.336 e. The van der Waals surface area contributed by atoms with Crippen molar-refractivity contribution in [2.75, 3.05) is 0 Å². The van der Waals surface area contributed by atoms with E-state index in [0.29, 0.717) is 63.5 Å². The standard InChI is InChI=1S/C13H17NO3.C12H14BrNO3.C12H14ClNO3.C12H14INO3.C12H15NO3.C11H12BrNO3.C11H12ClNO3.C11H12INO3/c1-4-10(3)14-17-8-12-9(2)6-5-7-11(12)13(15)16;3*1-3-8(2)14-17-7-10-9(12(15)16)5-4-6-11(10)13;1-8(2)13-16-7-11-9(3)5-4-6-10(11)12(14)15;3*1-7(2)13-16-6-9-8(11(14)15)4-3-5-10(9)12/h5-7H,4,8H2,1-3H3,(H,15,16);3*4-6H,3,7H2,1-2H3,(H,15,16);4-6H,7H2,1-3H3,(H,14,15);3*3-5H,6H2,1-2H3,(H,14,15). The Morgan fingerprint density at radius 3 is 0.667 bits per heavy atom. The predicted octanol–water partition coefficient (Wildman–Crippen LogP) is 24.6. The van der Waals surface area contributed by atoms with Gasteiger partial charge in [0.2, 0.25) is 0 Å². The van der Waals surface area contributed by atoms with Crippen molar-refractivity contribution in [2.45, 2.75) is 203 Å². The smallest absolute Gasteiger partial charge is 0.336 e. The maximum absolute atomic E-state index is 11.0. The van der Waals surface area contributed by atoms with E-state index < -0.39 is 47.8 Å². The van der Waals surface area contributed by atoms with Gasteiger partial charge >= 0.3 is 47.8 Å². The van der Waals surface area contributed by atoms with Gasteiger partial charge in [-0.25, -0.2) is 38.4 Å². The van der Waals surface area contributed by atoms with Gasteiger partial charge in [0, 0.05) is 70.6 Å². The highest BCUT2D eigenvalue weighted by molar-refractivity contribution is 14.1. The molecule has 0 amide bonds. The Labute approximate surface area is 821 Å². The molecule has 0 radical (unpaired) electrons. The number of halogens is 6. The first-order valence-electron chi connectivity index (χ1n) is 40.1. The van der Waals surface area contributed by atoms with Crippen LogP contribution in [0.2, 0.25) is 10.0 Å². The third-order valence-corrected chi connectivity index (χ3v) is 21.2. The summed E-state index contributed by atoms with van der Waals surface area (Å²) in [6.07, 6.45) is 3.23. The highest BCUT2D eigenvalue weighted by Crippen LogP contribution is 2.28. The highest BCUT2D eigenvalue weighted by atomic mass is 127. The van der Waals surface area contributed by atoms with Crippen molar-refractivity contribution in [3.8, 4) is 0 Å². The summed E-state index contributed by atoms with van der Waals surface area (Å²) < 4.78 is 3.14. The van der Waals surface area contributed by atoms with Gasteiger partial charge in [-0.05, 0) is 264 Å². The van der Waals surface area contributed by atoms with Crippen LogP contribution in [-0.4, -0.2) is 134 Å². The molecule has 0 fully saturated rings. The van der Waals surface area contributed by atoms with Crippen LogP contribution in [0.3, 0.4) is 0 Å². The van der Waals surface area contributed by atoms with Crippen molar-refractivity contribution in [3.05, 3.63) is 272 Å². The second-order valence-corrected chi connectivity index (χ2v) is 33.1. The number of oxime groups is 8. The molecule has 32 nitrogen and oxygen atoms in total. The number of carboxylic acid groups (broad SMARTS) is 8. The molecule has 0 atom stereocenters. The fourth-order valence-electron chi connectivity index (χ4n) is 9.61. The first kappa shape index (κ1) is 118. The predicted molar refractivity (Wildman–Crippen MR) is 535 cm³/mol. The molecular weight excluding hydrogens is 2110 g/mol. The Kier molecular flexibility index (Phi) is 58.2. The van der Waals surface area contributed by atoms with Crippen molar-refractivity contribution in [2.24, 2.45) is 41.2 Å². The van der Waals surface area contributed by atoms with Gasteiger partial charge in [-0.3, -0.25) is 0 Å². The van der Waals surface area contributed by atoms with Gasteiger partial charge in [0.1, 0.15) is 52.9 Å². The molecule has 0 unspecified atom stereocenters. The lowest BCUT2D eigenvalue weighted by molar-refractivity contribution is 0.0677. The molecule has 0 saturated carbocycles. The van der Waals surface area contributed by atoms with Crippen molar-refractivity contribution in [1.29, 1.82) is 0 Å². The summed E-state index contributed by atoms with van der Waals surface area (Å²) in [5.74, 6) is -7.78. The van der Waals surface area contributed by atoms with Crippen molar-refractivity contribution in [1.82, 2.24) is 0 Å². The van der Waals surface area contributed by atoms with Crippen LogP contribution < -0.4 is 0 Å². The number of carboxylic acids is 8. The molecular formula is C94H110Br2Cl2I2N8O24. The molecule has 0 aliphatic carbocycles. The van der Waals surface area contributed by atoms with E-state index in [0.717, 1.165) is 89.6 Å². The maximum atomic E-state index is 11.0. The van der Waals surface area contributed by atoms with Gasteiger partial charge in [0.25, 0.3) is 0 Å². The van der Waals surface area contributed by atoms with Gasteiger partial charge in [-0.1, -0.05) is 185 Å². The van der Waals surface area contributed by atoms with Crippen LogP contribution in [0.5, 0.6) is 0 Å². The van der Waals surface area contributed by atoms with Gasteiger partial charge in [-0.15, -0.1) is 0 Å². The number of aromatic carboxylic acids is 8. The van der Waals surface area contributed by atoms with E-state index in [1.807, 2.05) is 121 Å². The van der Waals surface area contributed by atoms with Crippen LogP contribution >= 0.6 is 100 Å². The molecule has 38 heteroatoms. The minimum Gasteiger partial charge on any atom is -0.478 e. The van der Waals surface area contributed by atoms with Crippen molar-refractivity contribution < 1.29 is 118 Å². The molecule has 132 heavy (non-hydrogen) atoms. The quantitative estimate of drug-likeness (QED) is 0.0103. The third-order valence-electron chi connectivity index (χ3n) is 17.0. The van der Waals surface area contributed by atoms with Crippen molar-refractivity contribution >= 4 is 194 Å². The molecule has 8 aromatic rings. The van der Waals surface area contributed by atoms with E-state index in [1.165, 1.54) is 18.2 Å². The molecule has 0 saturated heterocycles. The van der Waals surface area contributed by atoms with Crippen LogP contribution in [0.1, 0.15) is 275 Å². The second-order valence-electron chi connectivity index (χ2n) is 28.3. The lowest BCUT2D eigenvalue weighted by Gasteiger charge is -2.08. The Bertz CT molecular complexity index is 4800. The van der Waals surface area contributed by atoms with E-state index in [2.05, 4.69) is 118 Å². The molecule has 8 aromatic carbocycles. The second kappa shape index (κ2) is 65.0. The molecule has 0 aliphatic heterocycles. The van der Waals surface area contributed by atoms with E-state index in [4.69, 9.17) is 103 Å². The Morgan fingerprint density at radius 1 is 0.265 bits per heavy atom. The summed E-state index contributed by atoms with van der Waals surface area (Å²) in [5.41, 5.74) is 14.9. The van der Waals surface area contributed by atoms with Gasteiger partial charge in [0.05, 0.1) is 90.2 Å². The largest absolute Gasteiger partial charge is 0.478 e. The van der Waals surface area contributed by atoms with E-state index >= 15 is 0 Å². The minimum absolute atomic E-state index is 0.0481. The fourth-order valence-corrected chi connectivity index (χ4v) is 12.3. The Morgan fingerprint density at radius 2 is 0.439 bits per heavy atom. The molecule has 0 aliphatic rings. The lowest BCUT2D eigenvalue weighted by Crippen LogP contribution is -2.05. The zero-order valence-corrected chi connectivity index (χ0v) is 85.3. The number of rotatable bonds is 36. The average molecular weight is 2220 g/mol. The summed E-state index contributed by atoms with van der Waals surface area (Å²) in [6.45, 7) is 34.6. The molecule has 8 rings (SSSR count). The van der Waals surface area contributed by atoms with Crippen LogP contribution in [-0.2, 0) is 91.6 Å². The number of carbonyl (C=O) groups is 8. The van der Waals surface area contributed by atoms with Crippen LogP contribution in [0.25, 0.3) is 0 Å². The monoisotopic (exact) mass is 2220 g/mol. The van der Waals surface area contributed by atoms with Crippen molar-refractivity contribution in [3.63, 3.8) is 0 Å². The SMILES string of the molecule is CC(C)=NOCc1c(Br)cccc1C(=O)O.CC(C)=NOCc1c(C)cccc1C(=O)O.CC(C)=NOCc1c(Cl)cccc1C(=O)O.CC(C)=NOCc1c(I)cccc1C(=O)O.CCC(C)=NOCc1c(Br)cccc1C(=O)O.CCC(C)=NOCc1c(C)cccc1C(=O)O.CCC(C)=NOCc1c(Cl)cccc1C(=O)O.CCC(C)=NOCc1c(I)cccc1C(=O)O. The topological polar surface area (TPSA) is 471 Å². The molecule has 0 bridgehead atoms. The highest BCUT2D eigenvalue weighted by Gasteiger charge is 2.21. The Balaban J connectivity index is 0.000000754. The third kappa shape index (κ3) is 45.9. The summed E-state index contributed by atoms with van der Waals surface area (Å²) >= 11 is 22.6. The van der Waals surface area contributed by atoms with E-state index in [-0.39, 0.29) is 97.4 Å². The molecule has 0 aromatic heterocycles. The van der Waals surface area contributed by atoms with Crippen LogP contribution in [0.4, 0.5) is 0 Å².